The third-order valence-electron chi connectivity index (χ3n) is 2.23. The Balaban J connectivity index is 0.000001000. The number of ether oxygens (including phenoxy) is 1. The zero-order valence-electron chi connectivity index (χ0n) is 7.81. The first-order chi connectivity index (χ1) is 4.84. The van der Waals surface area contributed by atoms with E-state index in [1.807, 2.05) is 7.05 Å². The van der Waals surface area contributed by atoms with Gasteiger partial charge in [-0.2, -0.15) is 6.92 Å². The molecule has 0 bridgehead atoms. The van der Waals surface area contributed by atoms with Gasteiger partial charge < -0.3 is 10.1 Å². The van der Waals surface area contributed by atoms with E-state index in [1.54, 1.807) is 0 Å². The Labute approximate surface area is 118 Å². The molecule has 1 fully saturated rings. The minimum atomic E-state index is 0. The SMILES string of the molecule is CN[C-](C)C1CCOCC1.[Rb+]. The Bertz CT molecular complexity index is 94.1. The molecule has 0 radical (unpaired) electrons. The van der Waals surface area contributed by atoms with Gasteiger partial charge in [-0.1, -0.05) is 12.8 Å². The number of rotatable bonds is 2. The molecule has 11 heavy (non-hydrogen) atoms. The van der Waals surface area contributed by atoms with Crippen molar-refractivity contribution in [3.8, 4) is 0 Å². The van der Waals surface area contributed by atoms with Crippen LogP contribution in [0.1, 0.15) is 19.8 Å². The normalized spacial score (nSPS) is 19.9. The summed E-state index contributed by atoms with van der Waals surface area (Å²) in [5, 5.41) is 3.20. The van der Waals surface area contributed by atoms with Gasteiger partial charge in [-0.3, -0.25) is 6.04 Å². The van der Waals surface area contributed by atoms with Crippen molar-refractivity contribution < 1.29 is 62.9 Å². The van der Waals surface area contributed by atoms with Crippen molar-refractivity contribution in [3.63, 3.8) is 0 Å². The van der Waals surface area contributed by atoms with Crippen LogP contribution in [0.4, 0.5) is 0 Å². The zero-order chi connectivity index (χ0) is 7.40. The van der Waals surface area contributed by atoms with Gasteiger partial charge in [0.15, 0.2) is 0 Å². The summed E-state index contributed by atoms with van der Waals surface area (Å²) in [6, 6.07) is 1.41. The van der Waals surface area contributed by atoms with Crippen LogP contribution in [0.3, 0.4) is 0 Å². The molecule has 1 heterocycles. The Hall–Kier alpha value is 1.73. The summed E-state index contributed by atoms with van der Waals surface area (Å²) in [6.45, 7) is 4.03. The van der Waals surface area contributed by atoms with Crippen LogP contribution < -0.4 is 63.5 Å². The van der Waals surface area contributed by atoms with Crippen molar-refractivity contribution in [1.82, 2.24) is 5.32 Å². The summed E-state index contributed by atoms with van der Waals surface area (Å²) in [6.07, 6.45) is 2.37. The molecular weight excluding hydrogens is 212 g/mol. The number of hydrogen-bond acceptors (Lipinski definition) is 2. The van der Waals surface area contributed by atoms with E-state index in [-0.39, 0.29) is 58.2 Å². The molecule has 1 aliphatic rings. The van der Waals surface area contributed by atoms with E-state index in [0.29, 0.717) is 0 Å². The van der Waals surface area contributed by atoms with Gasteiger partial charge in [-0.15, -0.1) is 5.92 Å². The van der Waals surface area contributed by atoms with Gasteiger partial charge >= 0.3 is 58.2 Å². The Kier molecular flexibility index (Phi) is 8.28. The van der Waals surface area contributed by atoms with Crippen molar-refractivity contribution in [2.75, 3.05) is 20.3 Å². The van der Waals surface area contributed by atoms with Gasteiger partial charge in [0.25, 0.3) is 0 Å². The first-order valence-electron chi connectivity index (χ1n) is 3.93. The minimum Gasteiger partial charge on any atom is -0.470 e. The van der Waals surface area contributed by atoms with Gasteiger partial charge in [-0.05, 0) is 7.05 Å². The second kappa shape index (κ2) is 7.16. The Morgan fingerprint density at radius 2 is 1.91 bits per heavy atom. The monoisotopic (exact) mass is 227 g/mol. The quantitative estimate of drug-likeness (QED) is 0.562. The molecule has 0 unspecified atom stereocenters. The van der Waals surface area contributed by atoms with Crippen molar-refractivity contribution in [2.45, 2.75) is 19.8 Å². The molecule has 0 atom stereocenters. The predicted octanol–water partition coefficient (Wildman–Crippen LogP) is -1.81. The summed E-state index contributed by atoms with van der Waals surface area (Å²) in [5.41, 5.74) is 0. The van der Waals surface area contributed by atoms with Crippen LogP contribution >= 0.6 is 0 Å². The third kappa shape index (κ3) is 4.48. The largest absolute Gasteiger partial charge is 1.00 e. The molecule has 1 aliphatic heterocycles. The van der Waals surface area contributed by atoms with E-state index in [4.69, 9.17) is 4.74 Å². The summed E-state index contributed by atoms with van der Waals surface area (Å²) < 4.78 is 5.25. The van der Waals surface area contributed by atoms with Crippen LogP contribution in [0.5, 0.6) is 0 Å². The summed E-state index contributed by atoms with van der Waals surface area (Å²) >= 11 is 0. The predicted molar refractivity (Wildman–Crippen MR) is 41.5 cm³/mol. The molecule has 0 saturated carbocycles. The van der Waals surface area contributed by atoms with Crippen molar-refractivity contribution in [1.29, 1.82) is 0 Å². The van der Waals surface area contributed by atoms with Crippen LogP contribution in [-0.4, -0.2) is 20.3 Å². The Morgan fingerprint density at radius 3 is 2.36 bits per heavy atom. The van der Waals surface area contributed by atoms with Gasteiger partial charge in [0.05, 0.1) is 0 Å². The molecule has 1 N–H and O–H groups in total. The second-order valence-electron chi connectivity index (χ2n) is 2.82. The number of hydrogen-bond donors (Lipinski definition) is 1. The van der Waals surface area contributed by atoms with Crippen LogP contribution in [0.15, 0.2) is 0 Å². The van der Waals surface area contributed by atoms with Crippen molar-refractivity contribution in [3.05, 3.63) is 6.04 Å². The molecular formula is C8H16NORb. The molecule has 0 amide bonds. The maximum Gasteiger partial charge on any atom is 1.00 e. The fourth-order valence-electron chi connectivity index (χ4n) is 1.33. The van der Waals surface area contributed by atoms with E-state index < -0.39 is 0 Å². The van der Waals surface area contributed by atoms with Crippen LogP contribution in [0.2, 0.25) is 0 Å². The second-order valence-corrected chi connectivity index (χ2v) is 2.82. The maximum atomic E-state index is 5.25. The molecule has 0 aromatic heterocycles. The van der Waals surface area contributed by atoms with Crippen LogP contribution in [0.25, 0.3) is 0 Å². The maximum absolute atomic E-state index is 5.25. The van der Waals surface area contributed by atoms with Gasteiger partial charge in [0, 0.05) is 13.2 Å². The fourth-order valence-corrected chi connectivity index (χ4v) is 1.33. The topological polar surface area (TPSA) is 21.3 Å². The fraction of sp³-hybridized carbons (Fsp3) is 0.875. The minimum absolute atomic E-state index is 0. The van der Waals surface area contributed by atoms with Gasteiger partial charge in [0.1, 0.15) is 0 Å². The third-order valence-corrected chi connectivity index (χ3v) is 2.23. The molecule has 0 aromatic carbocycles. The average molecular weight is 228 g/mol. The van der Waals surface area contributed by atoms with E-state index in [0.717, 1.165) is 19.1 Å². The standard InChI is InChI=1S/C8H16NO.Rb/c1-7(9-2)8-3-5-10-6-4-8;/h8-9H,3-6H2,1-2H3;/q-1;+1. The summed E-state index contributed by atoms with van der Waals surface area (Å²) in [5.74, 6) is 0.749. The molecule has 2 nitrogen and oxygen atoms in total. The smallest absolute Gasteiger partial charge is 0.470 e. The summed E-state index contributed by atoms with van der Waals surface area (Å²) in [4.78, 5) is 0. The van der Waals surface area contributed by atoms with E-state index >= 15 is 0 Å². The van der Waals surface area contributed by atoms with Crippen molar-refractivity contribution in [2.24, 2.45) is 5.92 Å². The van der Waals surface area contributed by atoms with E-state index in [1.165, 1.54) is 18.9 Å². The summed E-state index contributed by atoms with van der Waals surface area (Å²) in [7, 11) is 1.99. The average Bonchev–Trinajstić information content (AvgIpc) is 2.05. The van der Waals surface area contributed by atoms with E-state index in [2.05, 4.69) is 12.2 Å². The van der Waals surface area contributed by atoms with Gasteiger partial charge in [-0.25, -0.2) is 0 Å². The van der Waals surface area contributed by atoms with Crippen LogP contribution in [0, 0.1) is 12.0 Å². The van der Waals surface area contributed by atoms with E-state index in [9.17, 15) is 0 Å². The zero-order valence-corrected chi connectivity index (χ0v) is 12.7. The molecule has 1 rings (SSSR count). The Morgan fingerprint density at radius 1 is 1.36 bits per heavy atom. The molecule has 60 valence electrons. The number of nitrogens with one attached hydrogen (secondary N) is 1. The van der Waals surface area contributed by atoms with Crippen LogP contribution in [-0.2, 0) is 4.74 Å². The molecule has 0 aromatic rings. The van der Waals surface area contributed by atoms with Gasteiger partial charge in [0.2, 0.25) is 0 Å². The van der Waals surface area contributed by atoms with Crippen molar-refractivity contribution >= 4 is 0 Å². The first-order valence-corrected chi connectivity index (χ1v) is 3.93. The molecule has 0 spiro atoms. The molecule has 1 saturated heterocycles. The first kappa shape index (κ1) is 12.7. The molecule has 0 aliphatic carbocycles. The molecule has 3 heteroatoms.